The van der Waals surface area contributed by atoms with Gasteiger partial charge in [0.1, 0.15) is 17.3 Å². The number of aromatic nitrogens is 2. The van der Waals surface area contributed by atoms with Crippen LogP contribution in [-0.4, -0.2) is 9.97 Å². The average molecular weight is 288 g/mol. The molecule has 0 unspecified atom stereocenters. The van der Waals surface area contributed by atoms with Gasteiger partial charge in [0.05, 0.1) is 0 Å². The Hall–Kier alpha value is -1.61. The third-order valence-electron chi connectivity index (χ3n) is 3.90. The molecule has 2 aromatic rings. The summed E-state index contributed by atoms with van der Waals surface area (Å²) in [7, 11) is 0. The fourth-order valence-electron chi connectivity index (χ4n) is 2.84. The van der Waals surface area contributed by atoms with E-state index in [0.29, 0.717) is 5.15 Å². The number of aryl methyl sites for hydroxylation is 1. The van der Waals surface area contributed by atoms with Gasteiger partial charge in [-0.1, -0.05) is 30.7 Å². The zero-order valence-corrected chi connectivity index (χ0v) is 12.4. The molecule has 20 heavy (non-hydrogen) atoms. The Morgan fingerprint density at radius 3 is 2.90 bits per heavy atom. The van der Waals surface area contributed by atoms with Crippen molar-refractivity contribution in [3.8, 4) is 0 Å². The molecule has 1 aromatic heterocycles. The van der Waals surface area contributed by atoms with Gasteiger partial charge in [0.25, 0.3) is 0 Å². The zero-order valence-electron chi connectivity index (χ0n) is 11.6. The van der Waals surface area contributed by atoms with Crippen molar-refractivity contribution in [1.29, 1.82) is 0 Å². The molecule has 1 N–H and O–H groups in total. The van der Waals surface area contributed by atoms with Gasteiger partial charge in [0.2, 0.25) is 0 Å². The van der Waals surface area contributed by atoms with Crippen LogP contribution in [0.15, 0.2) is 24.5 Å². The molecule has 4 heteroatoms. The second-order valence-corrected chi connectivity index (χ2v) is 5.48. The summed E-state index contributed by atoms with van der Waals surface area (Å²) < 4.78 is 0. The molecule has 3 nitrogen and oxygen atoms in total. The Bertz CT molecular complexity index is 625. The number of nitrogens with zero attached hydrogens (tertiary/aromatic N) is 2. The molecule has 0 saturated heterocycles. The van der Waals surface area contributed by atoms with Gasteiger partial charge in [0, 0.05) is 11.3 Å². The molecular formula is C16H18ClN3. The van der Waals surface area contributed by atoms with Crippen molar-refractivity contribution in [2.24, 2.45) is 0 Å². The van der Waals surface area contributed by atoms with Crippen LogP contribution in [0, 0.1) is 0 Å². The van der Waals surface area contributed by atoms with E-state index in [1.54, 1.807) is 0 Å². The maximum atomic E-state index is 6.15. The van der Waals surface area contributed by atoms with Gasteiger partial charge < -0.3 is 5.32 Å². The smallest absolute Gasteiger partial charge is 0.138 e. The standard InChI is InChI=1S/C16H18ClN3/c1-2-12-15(17)18-10-19-16(12)20-14-9-5-7-11-6-3-4-8-13(11)14/h5,7,9-10H,2-4,6,8H2,1H3,(H,18,19,20). The van der Waals surface area contributed by atoms with Crippen molar-refractivity contribution < 1.29 is 0 Å². The van der Waals surface area contributed by atoms with Crippen LogP contribution in [0.1, 0.15) is 36.5 Å². The molecule has 0 fully saturated rings. The van der Waals surface area contributed by atoms with Crippen molar-refractivity contribution >= 4 is 23.1 Å². The van der Waals surface area contributed by atoms with E-state index >= 15 is 0 Å². The number of rotatable bonds is 3. The highest BCUT2D eigenvalue weighted by molar-refractivity contribution is 6.30. The first-order valence-electron chi connectivity index (χ1n) is 7.16. The van der Waals surface area contributed by atoms with E-state index in [1.807, 2.05) is 0 Å². The molecule has 1 aromatic carbocycles. The average Bonchev–Trinajstić information content (AvgIpc) is 2.48. The molecular weight excluding hydrogens is 270 g/mol. The number of anilines is 2. The molecule has 0 bridgehead atoms. The Morgan fingerprint density at radius 2 is 2.05 bits per heavy atom. The minimum Gasteiger partial charge on any atom is -0.340 e. The maximum absolute atomic E-state index is 6.15. The molecule has 1 aliphatic carbocycles. The van der Waals surface area contributed by atoms with E-state index in [9.17, 15) is 0 Å². The monoisotopic (exact) mass is 287 g/mol. The number of hydrogen-bond acceptors (Lipinski definition) is 3. The van der Waals surface area contributed by atoms with Gasteiger partial charge in [-0.25, -0.2) is 9.97 Å². The molecule has 0 saturated carbocycles. The van der Waals surface area contributed by atoms with E-state index in [-0.39, 0.29) is 0 Å². The molecule has 0 aliphatic heterocycles. The lowest BCUT2D eigenvalue weighted by atomic mass is 9.90. The zero-order chi connectivity index (χ0) is 13.9. The summed E-state index contributed by atoms with van der Waals surface area (Å²) in [6, 6.07) is 6.47. The third-order valence-corrected chi connectivity index (χ3v) is 4.22. The molecule has 0 atom stereocenters. The predicted octanol–water partition coefficient (Wildman–Crippen LogP) is 4.31. The van der Waals surface area contributed by atoms with Crippen LogP contribution in [-0.2, 0) is 19.3 Å². The van der Waals surface area contributed by atoms with Gasteiger partial charge in [0.15, 0.2) is 0 Å². The number of halogens is 1. The Morgan fingerprint density at radius 1 is 1.20 bits per heavy atom. The van der Waals surface area contributed by atoms with Gasteiger partial charge in [-0.15, -0.1) is 0 Å². The van der Waals surface area contributed by atoms with E-state index in [4.69, 9.17) is 11.6 Å². The van der Waals surface area contributed by atoms with Gasteiger partial charge >= 0.3 is 0 Å². The minimum atomic E-state index is 0.537. The topological polar surface area (TPSA) is 37.8 Å². The number of nitrogens with one attached hydrogen (secondary N) is 1. The van der Waals surface area contributed by atoms with Crippen LogP contribution in [0.25, 0.3) is 0 Å². The van der Waals surface area contributed by atoms with Crippen LogP contribution in [0.4, 0.5) is 11.5 Å². The lowest BCUT2D eigenvalue weighted by Crippen LogP contribution is -2.08. The molecule has 3 rings (SSSR count). The van der Waals surface area contributed by atoms with Crippen molar-refractivity contribution in [2.75, 3.05) is 5.32 Å². The molecule has 104 valence electrons. The maximum Gasteiger partial charge on any atom is 0.138 e. The minimum absolute atomic E-state index is 0.537. The fraction of sp³-hybridized carbons (Fsp3) is 0.375. The highest BCUT2D eigenvalue weighted by atomic mass is 35.5. The molecule has 0 radical (unpaired) electrons. The van der Waals surface area contributed by atoms with Crippen LogP contribution in [0.2, 0.25) is 5.15 Å². The fourth-order valence-corrected chi connectivity index (χ4v) is 3.10. The first-order valence-corrected chi connectivity index (χ1v) is 7.54. The first-order chi connectivity index (χ1) is 9.79. The summed E-state index contributed by atoms with van der Waals surface area (Å²) in [6.07, 6.45) is 7.19. The second kappa shape index (κ2) is 5.80. The lowest BCUT2D eigenvalue weighted by molar-refractivity contribution is 0.687. The highest BCUT2D eigenvalue weighted by Gasteiger charge is 2.15. The van der Waals surface area contributed by atoms with Crippen molar-refractivity contribution in [3.05, 3.63) is 46.4 Å². The van der Waals surface area contributed by atoms with Crippen LogP contribution < -0.4 is 5.32 Å². The summed E-state index contributed by atoms with van der Waals surface area (Å²) in [5, 5.41) is 3.99. The third kappa shape index (κ3) is 2.50. The van der Waals surface area contributed by atoms with Crippen molar-refractivity contribution in [1.82, 2.24) is 9.97 Å². The quantitative estimate of drug-likeness (QED) is 0.855. The first kappa shape index (κ1) is 13.4. The predicted molar refractivity (Wildman–Crippen MR) is 82.8 cm³/mol. The largest absolute Gasteiger partial charge is 0.340 e. The van der Waals surface area contributed by atoms with E-state index in [1.165, 1.54) is 36.7 Å². The van der Waals surface area contributed by atoms with Crippen LogP contribution in [0.5, 0.6) is 0 Å². The summed E-state index contributed by atoms with van der Waals surface area (Å²) in [5.41, 5.74) is 5.02. The summed E-state index contributed by atoms with van der Waals surface area (Å²) in [6.45, 7) is 2.07. The van der Waals surface area contributed by atoms with E-state index < -0.39 is 0 Å². The summed E-state index contributed by atoms with van der Waals surface area (Å²) in [5.74, 6) is 0.825. The van der Waals surface area contributed by atoms with Crippen molar-refractivity contribution in [2.45, 2.75) is 39.0 Å². The van der Waals surface area contributed by atoms with Crippen LogP contribution >= 0.6 is 11.6 Å². The molecule has 1 aliphatic rings. The van der Waals surface area contributed by atoms with Gasteiger partial charge in [-0.05, 0) is 49.3 Å². The van der Waals surface area contributed by atoms with Gasteiger partial charge in [-0.3, -0.25) is 0 Å². The summed E-state index contributed by atoms with van der Waals surface area (Å²) >= 11 is 6.15. The van der Waals surface area contributed by atoms with Crippen LogP contribution in [0.3, 0.4) is 0 Å². The lowest BCUT2D eigenvalue weighted by Gasteiger charge is -2.20. The molecule has 0 spiro atoms. The Balaban J connectivity index is 1.98. The SMILES string of the molecule is CCc1c(Cl)ncnc1Nc1cccc2c1CCCC2. The number of benzene rings is 1. The normalized spacial score (nSPS) is 13.9. The number of fused-ring (bicyclic) bond motifs is 1. The molecule has 0 amide bonds. The van der Waals surface area contributed by atoms with Gasteiger partial charge in [-0.2, -0.15) is 0 Å². The number of hydrogen-bond donors (Lipinski definition) is 1. The molecule has 1 heterocycles. The summed E-state index contributed by atoms with van der Waals surface area (Å²) in [4.78, 5) is 8.40. The Labute approximate surface area is 124 Å². The van der Waals surface area contributed by atoms with E-state index in [2.05, 4.69) is 40.4 Å². The Kier molecular flexibility index (Phi) is 3.88. The highest BCUT2D eigenvalue weighted by Crippen LogP contribution is 2.31. The van der Waals surface area contributed by atoms with Crippen molar-refractivity contribution in [3.63, 3.8) is 0 Å². The van der Waals surface area contributed by atoms with E-state index in [0.717, 1.165) is 29.9 Å². The second-order valence-electron chi connectivity index (χ2n) is 5.12.